The van der Waals surface area contributed by atoms with Crippen molar-refractivity contribution >= 4 is 39.6 Å². The highest BCUT2D eigenvalue weighted by Crippen LogP contribution is 2.19. The van der Waals surface area contributed by atoms with E-state index in [9.17, 15) is 14.0 Å². The van der Waals surface area contributed by atoms with Gasteiger partial charge in [0, 0.05) is 24.5 Å². The molecule has 0 unspecified atom stereocenters. The van der Waals surface area contributed by atoms with Gasteiger partial charge in [0.15, 0.2) is 5.13 Å². The molecule has 0 aliphatic heterocycles. The number of carbonyl (C=O) groups is 2. The third-order valence-corrected chi connectivity index (χ3v) is 5.32. The monoisotopic (exact) mass is 389 g/mol. The molecule has 0 radical (unpaired) electrons. The molecule has 5 nitrogen and oxygen atoms in total. The molecule has 26 heavy (non-hydrogen) atoms. The number of hydrogen-bond acceptors (Lipinski definition) is 5. The van der Waals surface area contributed by atoms with E-state index in [1.165, 1.54) is 33.6 Å². The fourth-order valence-electron chi connectivity index (χ4n) is 2.27. The average Bonchev–Trinajstić information content (AvgIpc) is 3.29. The Labute approximate surface area is 158 Å². The average molecular weight is 389 g/mol. The lowest BCUT2D eigenvalue weighted by Crippen LogP contribution is -2.28. The minimum absolute atomic E-state index is 0.0936. The van der Waals surface area contributed by atoms with Crippen LogP contribution in [0.1, 0.15) is 20.9 Å². The molecular formula is C18H16FN3O2S2. The second-order valence-electron chi connectivity index (χ2n) is 5.59. The Kier molecular flexibility index (Phi) is 5.75. The minimum Gasteiger partial charge on any atom is -0.341 e. The van der Waals surface area contributed by atoms with Crippen LogP contribution in [0.3, 0.4) is 0 Å². The van der Waals surface area contributed by atoms with Gasteiger partial charge >= 0.3 is 0 Å². The molecule has 8 heteroatoms. The van der Waals surface area contributed by atoms with Gasteiger partial charge in [-0.2, -0.15) is 0 Å². The fourth-order valence-corrected chi connectivity index (χ4v) is 3.60. The van der Waals surface area contributed by atoms with Crippen molar-refractivity contribution in [3.05, 3.63) is 69.1 Å². The molecule has 2 aromatic heterocycles. The largest absolute Gasteiger partial charge is 0.341 e. The second kappa shape index (κ2) is 8.20. The number of likely N-dealkylation sites (N-methyl/N-ethyl adjacent to an activating group) is 1. The first-order valence-corrected chi connectivity index (χ1v) is 9.55. The number of rotatable bonds is 6. The van der Waals surface area contributed by atoms with E-state index in [-0.39, 0.29) is 30.6 Å². The molecule has 0 fully saturated rings. The number of thiazole rings is 1. The second-order valence-corrected chi connectivity index (χ2v) is 7.40. The third kappa shape index (κ3) is 4.53. The first kappa shape index (κ1) is 18.2. The van der Waals surface area contributed by atoms with Gasteiger partial charge in [-0.25, -0.2) is 9.37 Å². The first-order valence-electron chi connectivity index (χ1n) is 7.79. The molecule has 0 saturated heterocycles. The van der Waals surface area contributed by atoms with Gasteiger partial charge in [0.25, 0.3) is 5.91 Å². The van der Waals surface area contributed by atoms with E-state index < -0.39 is 0 Å². The highest BCUT2D eigenvalue weighted by molar-refractivity contribution is 7.14. The van der Waals surface area contributed by atoms with Crippen molar-refractivity contribution in [1.29, 1.82) is 0 Å². The van der Waals surface area contributed by atoms with Gasteiger partial charge in [-0.15, -0.1) is 22.7 Å². The summed E-state index contributed by atoms with van der Waals surface area (Å²) in [6.07, 6.45) is 0.0936. The predicted octanol–water partition coefficient (Wildman–Crippen LogP) is 3.80. The zero-order valence-corrected chi connectivity index (χ0v) is 15.6. The standard InChI is InChI=1S/C18H16FN3O2S2/c1-22(10-12-5-2-3-6-14(12)19)16(23)9-13-11-26-18(20-13)21-17(24)15-7-4-8-25-15/h2-8,11H,9-10H2,1H3,(H,20,21,24). The molecule has 0 atom stereocenters. The Morgan fingerprint density at radius 2 is 2.00 bits per heavy atom. The van der Waals surface area contributed by atoms with E-state index in [2.05, 4.69) is 10.3 Å². The number of amides is 2. The van der Waals surface area contributed by atoms with Crippen LogP contribution in [0.5, 0.6) is 0 Å². The topological polar surface area (TPSA) is 62.3 Å². The van der Waals surface area contributed by atoms with E-state index >= 15 is 0 Å². The van der Waals surface area contributed by atoms with E-state index in [0.717, 1.165) is 0 Å². The Bertz CT molecular complexity index is 909. The summed E-state index contributed by atoms with van der Waals surface area (Å²) in [6, 6.07) is 9.91. The maximum absolute atomic E-state index is 13.7. The zero-order chi connectivity index (χ0) is 18.5. The number of halogens is 1. The molecular weight excluding hydrogens is 373 g/mol. The molecule has 2 amide bonds. The van der Waals surface area contributed by atoms with Gasteiger partial charge in [-0.05, 0) is 17.5 Å². The lowest BCUT2D eigenvalue weighted by Gasteiger charge is -2.17. The lowest BCUT2D eigenvalue weighted by molar-refractivity contribution is -0.129. The number of benzene rings is 1. The third-order valence-electron chi connectivity index (χ3n) is 3.64. The van der Waals surface area contributed by atoms with Crippen LogP contribution in [0.25, 0.3) is 0 Å². The minimum atomic E-state index is -0.334. The van der Waals surface area contributed by atoms with Crippen molar-refractivity contribution < 1.29 is 14.0 Å². The summed E-state index contributed by atoms with van der Waals surface area (Å²) in [5, 5.41) is 6.73. The number of nitrogens with zero attached hydrogens (tertiary/aromatic N) is 2. The Balaban J connectivity index is 1.57. The maximum Gasteiger partial charge on any atom is 0.267 e. The van der Waals surface area contributed by atoms with Crippen molar-refractivity contribution in [1.82, 2.24) is 9.88 Å². The quantitative estimate of drug-likeness (QED) is 0.698. The van der Waals surface area contributed by atoms with Crippen LogP contribution in [0.4, 0.5) is 9.52 Å². The Morgan fingerprint density at radius 1 is 1.19 bits per heavy atom. The summed E-state index contributed by atoms with van der Waals surface area (Å²) >= 11 is 2.61. The van der Waals surface area contributed by atoms with Crippen LogP contribution in [0.2, 0.25) is 0 Å². The first-order chi connectivity index (χ1) is 12.5. The number of carbonyl (C=O) groups excluding carboxylic acids is 2. The van der Waals surface area contributed by atoms with Crippen molar-refractivity contribution in [2.45, 2.75) is 13.0 Å². The van der Waals surface area contributed by atoms with E-state index in [0.29, 0.717) is 21.3 Å². The van der Waals surface area contributed by atoms with Crippen LogP contribution < -0.4 is 5.32 Å². The highest BCUT2D eigenvalue weighted by atomic mass is 32.1. The molecule has 0 aliphatic carbocycles. The van der Waals surface area contributed by atoms with Crippen LogP contribution in [-0.4, -0.2) is 28.7 Å². The summed E-state index contributed by atoms with van der Waals surface area (Å²) in [7, 11) is 1.63. The number of hydrogen-bond donors (Lipinski definition) is 1. The molecule has 0 bridgehead atoms. The van der Waals surface area contributed by atoms with Gasteiger partial charge in [0.2, 0.25) is 5.91 Å². The van der Waals surface area contributed by atoms with Gasteiger partial charge in [0.05, 0.1) is 17.0 Å². The van der Waals surface area contributed by atoms with Crippen LogP contribution in [0, 0.1) is 5.82 Å². The molecule has 0 saturated carbocycles. The van der Waals surface area contributed by atoms with E-state index in [4.69, 9.17) is 0 Å². The number of nitrogens with one attached hydrogen (secondary N) is 1. The smallest absolute Gasteiger partial charge is 0.267 e. The molecule has 3 aromatic rings. The normalized spacial score (nSPS) is 10.5. The molecule has 1 aromatic carbocycles. The van der Waals surface area contributed by atoms with Crippen LogP contribution in [0.15, 0.2) is 47.2 Å². The Morgan fingerprint density at radius 3 is 2.73 bits per heavy atom. The number of thiophene rings is 1. The molecule has 1 N–H and O–H groups in total. The summed E-state index contributed by atoms with van der Waals surface area (Å²) < 4.78 is 13.7. The molecule has 0 spiro atoms. The van der Waals surface area contributed by atoms with Crippen molar-refractivity contribution in [2.24, 2.45) is 0 Å². The fraction of sp³-hybridized carbons (Fsp3) is 0.167. The van der Waals surface area contributed by atoms with Gasteiger partial charge in [-0.3, -0.25) is 14.9 Å². The molecule has 0 aliphatic rings. The van der Waals surface area contributed by atoms with Crippen molar-refractivity contribution in [2.75, 3.05) is 12.4 Å². The maximum atomic E-state index is 13.7. The Hall–Kier alpha value is -2.58. The number of aromatic nitrogens is 1. The summed E-state index contributed by atoms with van der Waals surface area (Å²) in [4.78, 5) is 30.7. The highest BCUT2D eigenvalue weighted by Gasteiger charge is 2.15. The van der Waals surface area contributed by atoms with Crippen LogP contribution >= 0.6 is 22.7 Å². The van der Waals surface area contributed by atoms with Crippen molar-refractivity contribution in [3.8, 4) is 0 Å². The molecule has 2 heterocycles. The summed E-state index contributed by atoms with van der Waals surface area (Å²) in [6.45, 7) is 0.192. The van der Waals surface area contributed by atoms with Gasteiger partial charge in [0.1, 0.15) is 5.82 Å². The van der Waals surface area contributed by atoms with E-state index in [1.807, 2.05) is 5.38 Å². The van der Waals surface area contributed by atoms with Crippen LogP contribution in [-0.2, 0) is 17.8 Å². The molecule has 3 rings (SSSR count). The summed E-state index contributed by atoms with van der Waals surface area (Å²) in [5.74, 6) is -0.724. The van der Waals surface area contributed by atoms with E-state index in [1.54, 1.807) is 42.8 Å². The lowest BCUT2D eigenvalue weighted by atomic mass is 10.2. The predicted molar refractivity (Wildman–Crippen MR) is 101 cm³/mol. The number of anilines is 1. The van der Waals surface area contributed by atoms with Crippen molar-refractivity contribution in [3.63, 3.8) is 0 Å². The summed E-state index contributed by atoms with van der Waals surface area (Å²) in [5.41, 5.74) is 1.03. The van der Waals surface area contributed by atoms with Gasteiger partial charge in [-0.1, -0.05) is 24.3 Å². The zero-order valence-electron chi connectivity index (χ0n) is 13.9. The van der Waals surface area contributed by atoms with Gasteiger partial charge < -0.3 is 4.90 Å². The SMILES string of the molecule is CN(Cc1ccccc1F)C(=O)Cc1csc(NC(=O)c2cccs2)n1. The molecule has 134 valence electrons.